The van der Waals surface area contributed by atoms with E-state index in [4.69, 9.17) is 15.2 Å². The Balaban J connectivity index is 2.60. The van der Waals surface area contributed by atoms with Crippen molar-refractivity contribution in [2.45, 2.75) is 111 Å². The van der Waals surface area contributed by atoms with Gasteiger partial charge in [0.15, 0.2) is 0 Å². The van der Waals surface area contributed by atoms with Gasteiger partial charge in [-0.2, -0.15) is 0 Å². The van der Waals surface area contributed by atoms with Crippen molar-refractivity contribution in [3.63, 3.8) is 0 Å². The Labute approximate surface area is 289 Å². The summed E-state index contributed by atoms with van der Waals surface area (Å²) in [7, 11) is 0. The van der Waals surface area contributed by atoms with Crippen LogP contribution >= 0.6 is 0 Å². The number of hydrogen-bond donors (Lipinski definition) is 3. The van der Waals surface area contributed by atoms with Crippen LogP contribution in [0, 0.1) is 11.8 Å². The van der Waals surface area contributed by atoms with Crippen LogP contribution in [0.4, 0.5) is 4.79 Å². The van der Waals surface area contributed by atoms with Crippen molar-refractivity contribution in [2.75, 3.05) is 0 Å². The molecule has 49 heavy (non-hydrogen) atoms. The largest absolute Gasteiger partial charge is 0.458 e. The van der Waals surface area contributed by atoms with Crippen LogP contribution in [0.25, 0.3) is 0 Å². The quantitative estimate of drug-likeness (QED) is 0.174. The molecule has 268 valence electrons. The minimum atomic E-state index is -1.54. The van der Waals surface area contributed by atoms with Gasteiger partial charge in [-0.3, -0.25) is 24.1 Å². The Kier molecular flexibility index (Phi) is 15.6. The number of ether oxygens (including phenoxy) is 2. The lowest BCUT2D eigenvalue weighted by Gasteiger charge is -2.34. The summed E-state index contributed by atoms with van der Waals surface area (Å²) in [6.45, 7) is 13.6. The fraction of sp³-hybridized carbons (Fsp3) is 0.514. The van der Waals surface area contributed by atoms with E-state index in [1.54, 1.807) is 110 Å². The van der Waals surface area contributed by atoms with Crippen LogP contribution in [0.3, 0.4) is 0 Å². The summed E-state index contributed by atoms with van der Waals surface area (Å²) >= 11 is 0. The normalized spacial score (nSPS) is 13.9. The zero-order valence-corrected chi connectivity index (χ0v) is 29.9. The van der Waals surface area contributed by atoms with Crippen molar-refractivity contribution in [3.05, 3.63) is 71.8 Å². The summed E-state index contributed by atoms with van der Waals surface area (Å²) in [5.41, 5.74) is 6.45. The molecule has 0 heterocycles. The van der Waals surface area contributed by atoms with E-state index in [1.165, 1.54) is 0 Å². The number of Topliss-reactive ketones (excluding diaryl/α,β-unsaturated/α-hetero) is 1. The third-order valence-corrected chi connectivity index (χ3v) is 7.46. The van der Waals surface area contributed by atoms with Crippen LogP contribution in [0.2, 0.25) is 0 Å². The maximum atomic E-state index is 14.6. The molecule has 1 unspecified atom stereocenters. The van der Waals surface area contributed by atoms with E-state index >= 15 is 0 Å². The van der Waals surface area contributed by atoms with Crippen molar-refractivity contribution in [3.8, 4) is 0 Å². The number of alkyl carbamates (subject to hydrolysis) is 1. The summed E-state index contributed by atoms with van der Waals surface area (Å²) in [6.07, 6.45) is -1.01. The number of imide groups is 1. The van der Waals surface area contributed by atoms with E-state index in [9.17, 15) is 28.8 Å². The Morgan fingerprint density at radius 2 is 1.39 bits per heavy atom. The van der Waals surface area contributed by atoms with Crippen molar-refractivity contribution < 1.29 is 38.2 Å². The molecule has 0 bridgehead atoms. The smallest absolute Gasteiger partial charge is 0.408 e. The van der Waals surface area contributed by atoms with Gasteiger partial charge in [-0.25, -0.2) is 9.59 Å². The van der Waals surface area contributed by atoms with Gasteiger partial charge in [-0.05, 0) is 56.6 Å². The third kappa shape index (κ3) is 13.1. The van der Waals surface area contributed by atoms with Gasteiger partial charge < -0.3 is 25.8 Å². The molecule has 12 nitrogen and oxygen atoms in total. The number of carbonyl (C=O) groups excluding carboxylic acids is 6. The molecule has 4 amide bonds. The number of nitrogens with one attached hydrogen (secondary N) is 2. The van der Waals surface area contributed by atoms with Crippen LogP contribution in [-0.4, -0.2) is 70.2 Å². The Hall–Kier alpha value is -4.58. The number of nitrogens with two attached hydrogens (primary N) is 1. The number of ketones is 1. The number of carbonyl (C=O) groups is 6. The molecule has 0 aromatic heterocycles. The standard InChI is InChI=1S/C37H52N4O8/c1-9-27(38)31(42)34(45)41(29(20-23(2)3)32(43)40-30(24(4)5)35(46)49-37(6,7)8)33(44)28(21-25-16-12-10-13-17-25)39-36(47)48-22-26-18-14-11-15-19-26/h10-19,23-24,27-30H,9,20-22,38H2,1-8H3,(H,39,47)(H,40,43)/t27?,28-,29+,30-/m0/s1. The molecule has 4 N–H and O–H groups in total. The van der Waals surface area contributed by atoms with E-state index in [1.807, 2.05) is 6.07 Å². The lowest BCUT2D eigenvalue weighted by molar-refractivity contribution is -0.162. The average molecular weight is 681 g/mol. The van der Waals surface area contributed by atoms with E-state index in [0.717, 1.165) is 0 Å². The number of rotatable bonds is 16. The number of hydrogen-bond acceptors (Lipinski definition) is 9. The second-order valence-corrected chi connectivity index (χ2v) is 13.7. The van der Waals surface area contributed by atoms with Crippen LogP contribution in [-0.2, 0) is 46.5 Å². The number of amides is 4. The summed E-state index contributed by atoms with van der Waals surface area (Å²) in [5, 5.41) is 5.22. The van der Waals surface area contributed by atoms with E-state index < -0.39 is 71.3 Å². The van der Waals surface area contributed by atoms with Crippen LogP contribution in [0.15, 0.2) is 60.7 Å². The highest BCUT2D eigenvalue weighted by Gasteiger charge is 2.43. The van der Waals surface area contributed by atoms with Gasteiger partial charge in [0.2, 0.25) is 11.7 Å². The Morgan fingerprint density at radius 1 is 0.837 bits per heavy atom. The minimum absolute atomic E-state index is 0.0619. The predicted octanol–water partition coefficient (Wildman–Crippen LogP) is 4.08. The topological polar surface area (TPSA) is 174 Å². The van der Waals surface area contributed by atoms with Crippen molar-refractivity contribution in [1.82, 2.24) is 15.5 Å². The highest BCUT2D eigenvalue weighted by atomic mass is 16.6. The lowest BCUT2D eigenvalue weighted by atomic mass is 9.96. The minimum Gasteiger partial charge on any atom is -0.458 e. The second-order valence-electron chi connectivity index (χ2n) is 13.7. The molecular formula is C37H52N4O8. The van der Waals surface area contributed by atoms with Gasteiger partial charge in [0, 0.05) is 6.42 Å². The highest BCUT2D eigenvalue weighted by molar-refractivity contribution is 6.41. The molecule has 0 radical (unpaired) electrons. The molecule has 2 aromatic rings. The Bertz CT molecular complexity index is 1420. The maximum Gasteiger partial charge on any atom is 0.408 e. The van der Waals surface area contributed by atoms with Gasteiger partial charge in [-0.1, -0.05) is 95.3 Å². The Morgan fingerprint density at radius 3 is 1.88 bits per heavy atom. The van der Waals surface area contributed by atoms with E-state index in [-0.39, 0.29) is 31.8 Å². The fourth-order valence-corrected chi connectivity index (χ4v) is 4.87. The molecule has 0 fully saturated rings. The number of esters is 1. The van der Waals surface area contributed by atoms with Crippen molar-refractivity contribution in [2.24, 2.45) is 17.6 Å². The monoisotopic (exact) mass is 680 g/mol. The fourth-order valence-electron chi connectivity index (χ4n) is 4.87. The highest BCUT2D eigenvalue weighted by Crippen LogP contribution is 2.19. The molecule has 12 heteroatoms. The first kappa shape index (κ1) is 40.6. The molecule has 0 aliphatic carbocycles. The van der Waals surface area contributed by atoms with Crippen LogP contribution in [0.1, 0.15) is 79.4 Å². The van der Waals surface area contributed by atoms with Crippen molar-refractivity contribution >= 4 is 35.6 Å². The van der Waals surface area contributed by atoms with Crippen LogP contribution in [0.5, 0.6) is 0 Å². The number of benzene rings is 2. The molecule has 4 atom stereocenters. The lowest BCUT2D eigenvalue weighted by Crippen LogP contribution is -2.62. The van der Waals surface area contributed by atoms with E-state index in [2.05, 4.69) is 10.6 Å². The van der Waals surface area contributed by atoms with Gasteiger partial charge >= 0.3 is 12.1 Å². The maximum absolute atomic E-state index is 14.6. The van der Waals surface area contributed by atoms with Gasteiger partial charge in [0.05, 0.1) is 6.04 Å². The summed E-state index contributed by atoms with van der Waals surface area (Å²) < 4.78 is 10.9. The summed E-state index contributed by atoms with van der Waals surface area (Å²) in [4.78, 5) is 82.8. The van der Waals surface area contributed by atoms with Crippen molar-refractivity contribution in [1.29, 1.82) is 0 Å². The first-order valence-electron chi connectivity index (χ1n) is 16.7. The van der Waals surface area contributed by atoms with Gasteiger partial charge in [0.25, 0.3) is 11.8 Å². The molecule has 0 aliphatic heterocycles. The van der Waals surface area contributed by atoms with E-state index in [0.29, 0.717) is 16.0 Å². The summed E-state index contributed by atoms with van der Waals surface area (Å²) in [6, 6.07) is 12.3. The predicted molar refractivity (Wildman–Crippen MR) is 185 cm³/mol. The zero-order chi connectivity index (χ0) is 36.9. The molecule has 0 spiro atoms. The molecular weight excluding hydrogens is 628 g/mol. The molecule has 2 rings (SSSR count). The van der Waals surface area contributed by atoms with Gasteiger partial charge in [-0.15, -0.1) is 0 Å². The number of nitrogens with zero attached hydrogens (tertiary/aromatic N) is 1. The molecule has 2 aromatic carbocycles. The second kappa shape index (κ2) is 18.8. The average Bonchev–Trinajstić information content (AvgIpc) is 3.04. The zero-order valence-electron chi connectivity index (χ0n) is 29.9. The van der Waals surface area contributed by atoms with Gasteiger partial charge in [0.1, 0.15) is 30.3 Å². The third-order valence-electron chi connectivity index (χ3n) is 7.46. The first-order valence-corrected chi connectivity index (χ1v) is 16.7. The first-order chi connectivity index (χ1) is 22.9. The molecule has 0 saturated carbocycles. The molecule has 0 saturated heterocycles. The molecule has 0 aliphatic rings. The summed E-state index contributed by atoms with van der Waals surface area (Å²) in [5.74, 6) is -5.61. The SMILES string of the molecule is CCC(N)C(=O)C(=O)N(C(=O)[C@H](Cc1ccccc1)NC(=O)OCc1ccccc1)[C@H](CC(C)C)C(=O)N[C@H](C(=O)OC(C)(C)C)C(C)C. The van der Waals surface area contributed by atoms with Crippen LogP contribution < -0.4 is 16.4 Å².